The first kappa shape index (κ1) is 16.5. The maximum atomic E-state index is 12.2. The summed E-state index contributed by atoms with van der Waals surface area (Å²) in [5.41, 5.74) is 6.69. The van der Waals surface area contributed by atoms with Crippen molar-refractivity contribution in [1.29, 1.82) is 0 Å². The average Bonchev–Trinajstić information content (AvgIpc) is 2.30. The Morgan fingerprint density at radius 1 is 1.35 bits per heavy atom. The molecule has 1 aromatic rings. The molecule has 7 heteroatoms. The van der Waals surface area contributed by atoms with Crippen LogP contribution in [0.5, 0.6) is 0 Å². The van der Waals surface area contributed by atoms with Crippen LogP contribution in [-0.2, 0) is 20.6 Å². The van der Waals surface area contributed by atoms with Crippen molar-refractivity contribution in [2.24, 2.45) is 0 Å². The zero-order chi connectivity index (χ0) is 15.3. The van der Waals surface area contributed by atoms with Gasteiger partial charge in [-0.1, -0.05) is 18.2 Å². The summed E-state index contributed by atoms with van der Waals surface area (Å²) < 4.78 is 25.4. The third-order valence-corrected chi connectivity index (χ3v) is 4.44. The number of hydrogen-bond acceptors (Lipinski definition) is 4. The van der Waals surface area contributed by atoms with Gasteiger partial charge in [0, 0.05) is 18.8 Å². The number of nitrogen functional groups attached to an aromatic ring is 1. The third kappa shape index (κ3) is 4.82. The van der Waals surface area contributed by atoms with Gasteiger partial charge in [0.15, 0.2) is 0 Å². The Labute approximate surface area is 120 Å². The van der Waals surface area contributed by atoms with Gasteiger partial charge in [0.2, 0.25) is 15.9 Å². The van der Waals surface area contributed by atoms with E-state index in [1.54, 1.807) is 24.3 Å². The van der Waals surface area contributed by atoms with Crippen molar-refractivity contribution >= 4 is 21.6 Å². The molecule has 0 fully saturated rings. The number of nitrogens with two attached hydrogens (primary N) is 1. The number of hydrogen-bond donors (Lipinski definition) is 2. The first-order valence-electron chi connectivity index (χ1n) is 6.29. The second-order valence-corrected chi connectivity index (χ2v) is 7.01. The highest BCUT2D eigenvalue weighted by Gasteiger charge is 2.22. The monoisotopic (exact) mass is 299 g/mol. The number of likely N-dealkylation sites (N-methyl/N-ethyl adjacent to an activating group) is 1. The quantitative estimate of drug-likeness (QED) is 0.750. The van der Waals surface area contributed by atoms with Gasteiger partial charge in [-0.3, -0.25) is 4.79 Å². The lowest BCUT2D eigenvalue weighted by Gasteiger charge is -2.18. The maximum absolute atomic E-state index is 12.2. The van der Waals surface area contributed by atoms with E-state index in [1.165, 1.54) is 7.05 Å². The molecule has 0 saturated heterocycles. The number of para-hydroxylation sites is 1. The molecule has 0 unspecified atom stereocenters. The predicted molar refractivity (Wildman–Crippen MR) is 79.4 cm³/mol. The summed E-state index contributed by atoms with van der Waals surface area (Å²) >= 11 is 0. The van der Waals surface area contributed by atoms with Crippen molar-refractivity contribution in [3.63, 3.8) is 0 Å². The lowest BCUT2D eigenvalue weighted by molar-refractivity contribution is -0.121. The fraction of sp³-hybridized carbons (Fsp3) is 0.462. The topological polar surface area (TPSA) is 92.5 Å². The number of carbonyl (C=O) groups is 1. The number of carbonyl (C=O) groups excluding carboxylic acids is 1. The number of nitrogens with zero attached hydrogens (tertiary/aromatic N) is 1. The van der Waals surface area contributed by atoms with E-state index < -0.39 is 10.0 Å². The second kappa shape index (κ2) is 6.71. The summed E-state index contributed by atoms with van der Waals surface area (Å²) in [6.07, 6.45) is 0. The van der Waals surface area contributed by atoms with Crippen molar-refractivity contribution in [2.45, 2.75) is 25.6 Å². The summed E-state index contributed by atoms with van der Waals surface area (Å²) in [6, 6.07) is 6.76. The van der Waals surface area contributed by atoms with Crippen molar-refractivity contribution < 1.29 is 13.2 Å². The van der Waals surface area contributed by atoms with Gasteiger partial charge < -0.3 is 11.1 Å². The zero-order valence-corrected chi connectivity index (χ0v) is 12.8. The van der Waals surface area contributed by atoms with Crippen molar-refractivity contribution in [2.75, 3.05) is 19.3 Å². The van der Waals surface area contributed by atoms with Crippen LogP contribution in [0.25, 0.3) is 0 Å². The van der Waals surface area contributed by atoms with Gasteiger partial charge in [-0.15, -0.1) is 0 Å². The van der Waals surface area contributed by atoms with Gasteiger partial charge in [-0.2, -0.15) is 4.31 Å². The summed E-state index contributed by atoms with van der Waals surface area (Å²) in [4.78, 5) is 11.6. The molecule has 0 aliphatic heterocycles. The van der Waals surface area contributed by atoms with E-state index in [0.717, 1.165) is 4.31 Å². The predicted octanol–water partition coefficient (Wildman–Crippen LogP) is 0.555. The van der Waals surface area contributed by atoms with Crippen LogP contribution in [0.1, 0.15) is 19.4 Å². The fourth-order valence-corrected chi connectivity index (χ4v) is 2.83. The summed E-state index contributed by atoms with van der Waals surface area (Å²) in [6.45, 7) is 3.43. The zero-order valence-electron chi connectivity index (χ0n) is 12.0. The highest BCUT2D eigenvalue weighted by molar-refractivity contribution is 7.88. The minimum absolute atomic E-state index is 0.0247. The van der Waals surface area contributed by atoms with E-state index in [9.17, 15) is 13.2 Å². The molecular formula is C13H21N3O3S. The standard InChI is InChI=1S/C13H21N3O3S/c1-10(2)15-13(17)8-16(3)20(18,19)9-11-6-4-5-7-12(11)14/h4-7,10H,8-9,14H2,1-3H3,(H,15,17). The first-order chi connectivity index (χ1) is 9.22. The molecule has 0 spiro atoms. The van der Waals surface area contributed by atoms with Crippen LogP contribution in [0.2, 0.25) is 0 Å². The molecule has 0 heterocycles. The average molecular weight is 299 g/mol. The molecule has 0 bridgehead atoms. The number of nitrogens with one attached hydrogen (secondary N) is 1. The van der Waals surface area contributed by atoms with Crippen LogP contribution >= 0.6 is 0 Å². The first-order valence-corrected chi connectivity index (χ1v) is 7.90. The lowest BCUT2D eigenvalue weighted by atomic mass is 10.2. The Kier molecular flexibility index (Phi) is 5.52. The van der Waals surface area contributed by atoms with Gasteiger partial charge >= 0.3 is 0 Å². The molecule has 0 saturated carbocycles. The van der Waals surface area contributed by atoms with Crippen LogP contribution in [0, 0.1) is 0 Å². The van der Waals surface area contributed by atoms with Gasteiger partial charge in [0.1, 0.15) is 0 Å². The smallest absolute Gasteiger partial charge is 0.235 e. The summed E-state index contributed by atoms with van der Waals surface area (Å²) in [7, 11) is -2.19. The highest BCUT2D eigenvalue weighted by atomic mass is 32.2. The van der Waals surface area contributed by atoms with E-state index in [0.29, 0.717) is 11.3 Å². The molecule has 0 aliphatic rings. The molecule has 1 amide bonds. The molecule has 1 rings (SSSR count). The maximum Gasteiger partial charge on any atom is 0.235 e. The SMILES string of the molecule is CC(C)NC(=O)CN(C)S(=O)(=O)Cc1ccccc1N. The van der Waals surface area contributed by atoms with E-state index in [1.807, 2.05) is 13.8 Å². The van der Waals surface area contributed by atoms with Crippen LogP contribution in [0.3, 0.4) is 0 Å². The Morgan fingerprint density at radius 3 is 2.50 bits per heavy atom. The Bertz CT molecular complexity index is 570. The molecule has 0 aliphatic carbocycles. The molecule has 1 aromatic carbocycles. The number of benzene rings is 1. The highest BCUT2D eigenvalue weighted by Crippen LogP contribution is 2.15. The number of sulfonamides is 1. The van der Waals surface area contributed by atoms with Crippen LogP contribution in [0.4, 0.5) is 5.69 Å². The molecule has 0 atom stereocenters. The molecule has 6 nitrogen and oxygen atoms in total. The van der Waals surface area contributed by atoms with E-state index in [4.69, 9.17) is 5.73 Å². The lowest BCUT2D eigenvalue weighted by Crippen LogP contribution is -2.41. The van der Waals surface area contributed by atoms with Gasteiger partial charge in [0.05, 0.1) is 12.3 Å². The van der Waals surface area contributed by atoms with Crippen molar-refractivity contribution in [3.05, 3.63) is 29.8 Å². The second-order valence-electron chi connectivity index (χ2n) is 4.93. The van der Waals surface area contributed by atoms with Gasteiger partial charge in [0.25, 0.3) is 0 Å². The summed E-state index contributed by atoms with van der Waals surface area (Å²) in [5, 5.41) is 2.65. The molecular weight excluding hydrogens is 278 g/mol. The Morgan fingerprint density at radius 2 is 1.95 bits per heavy atom. The number of amides is 1. The normalized spacial score (nSPS) is 11.8. The molecule has 0 aromatic heterocycles. The summed E-state index contributed by atoms with van der Waals surface area (Å²) in [5.74, 6) is -0.544. The third-order valence-electron chi connectivity index (χ3n) is 2.68. The number of rotatable bonds is 6. The van der Waals surface area contributed by atoms with E-state index in [-0.39, 0.29) is 24.2 Å². The van der Waals surface area contributed by atoms with E-state index in [2.05, 4.69) is 5.32 Å². The molecule has 3 N–H and O–H groups in total. The molecule has 112 valence electrons. The largest absolute Gasteiger partial charge is 0.398 e. The Hall–Kier alpha value is -1.60. The Balaban J connectivity index is 2.74. The number of anilines is 1. The minimum atomic E-state index is -3.57. The van der Waals surface area contributed by atoms with Gasteiger partial charge in [-0.25, -0.2) is 8.42 Å². The van der Waals surface area contributed by atoms with Crippen molar-refractivity contribution in [1.82, 2.24) is 9.62 Å². The van der Waals surface area contributed by atoms with Gasteiger partial charge in [-0.05, 0) is 25.5 Å². The van der Waals surface area contributed by atoms with Crippen LogP contribution < -0.4 is 11.1 Å². The van der Waals surface area contributed by atoms with E-state index >= 15 is 0 Å². The molecule has 20 heavy (non-hydrogen) atoms. The van der Waals surface area contributed by atoms with Crippen LogP contribution in [-0.4, -0.2) is 38.3 Å². The minimum Gasteiger partial charge on any atom is -0.398 e. The molecule has 0 radical (unpaired) electrons. The fourth-order valence-electron chi connectivity index (χ4n) is 1.64. The van der Waals surface area contributed by atoms with Crippen molar-refractivity contribution in [3.8, 4) is 0 Å². The van der Waals surface area contributed by atoms with Crippen LogP contribution in [0.15, 0.2) is 24.3 Å².